The highest BCUT2D eigenvalue weighted by Gasteiger charge is 2.23. The Morgan fingerprint density at radius 1 is 1.53 bits per heavy atom. The fraction of sp³-hybridized carbons (Fsp3) is 0.429. The van der Waals surface area contributed by atoms with Crippen LogP contribution in [0, 0.1) is 5.41 Å². The van der Waals surface area contributed by atoms with Crippen molar-refractivity contribution in [3.05, 3.63) is 29.3 Å². The Labute approximate surface area is 118 Å². The number of carbonyl (C=O) groups excluding carboxylic acids is 1. The van der Waals surface area contributed by atoms with E-state index in [4.69, 9.17) is 22.7 Å². The van der Waals surface area contributed by atoms with Crippen molar-refractivity contribution >= 4 is 23.1 Å². The summed E-state index contributed by atoms with van der Waals surface area (Å²) in [5.74, 6) is 0.763. The molecule has 0 saturated carbocycles. The molecule has 0 radical (unpaired) electrons. The van der Waals surface area contributed by atoms with Crippen LogP contribution in [0.3, 0.4) is 0 Å². The molecule has 0 atom stereocenters. The molecule has 1 aromatic rings. The van der Waals surface area contributed by atoms with Crippen LogP contribution >= 0.6 is 12.2 Å². The first-order chi connectivity index (χ1) is 8.90. The highest BCUT2D eigenvalue weighted by Crippen LogP contribution is 2.25. The number of benzene rings is 1. The molecule has 2 rings (SSSR count). The summed E-state index contributed by atoms with van der Waals surface area (Å²) in [6.07, 6.45) is 0.856. The third-order valence-electron chi connectivity index (χ3n) is 3.31. The van der Waals surface area contributed by atoms with Crippen molar-refractivity contribution in [2.75, 3.05) is 13.2 Å². The number of nitrogens with two attached hydrogens (primary N) is 1. The maximum Gasteiger partial charge on any atom is 0.251 e. The van der Waals surface area contributed by atoms with Gasteiger partial charge in [0, 0.05) is 23.9 Å². The summed E-state index contributed by atoms with van der Waals surface area (Å²) in [6, 6.07) is 5.49. The minimum Gasteiger partial charge on any atom is -0.493 e. The number of fused-ring (bicyclic) bond motifs is 1. The zero-order chi connectivity index (χ0) is 14.0. The van der Waals surface area contributed by atoms with Crippen molar-refractivity contribution in [3.8, 4) is 5.75 Å². The zero-order valence-electron chi connectivity index (χ0n) is 11.2. The van der Waals surface area contributed by atoms with Crippen molar-refractivity contribution in [3.63, 3.8) is 0 Å². The van der Waals surface area contributed by atoms with Gasteiger partial charge >= 0.3 is 0 Å². The fourth-order valence-electron chi connectivity index (χ4n) is 1.82. The second-order valence-corrected chi connectivity index (χ2v) is 5.79. The minimum absolute atomic E-state index is 0.112. The van der Waals surface area contributed by atoms with Gasteiger partial charge in [-0.25, -0.2) is 0 Å². The van der Waals surface area contributed by atoms with Crippen LogP contribution in [0.25, 0.3) is 0 Å². The third kappa shape index (κ3) is 3.04. The van der Waals surface area contributed by atoms with E-state index in [1.165, 1.54) is 0 Å². The molecular weight excluding hydrogens is 260 g/mol. The van der Waals surface area contributed by atoms with Gasteiger partial charge in [0.15, 0.2) is 0 Å². The van der Waals surface area contributed by atoms with Gasteiger partial charge in [0.1, 0.15) is 5.75 Å². The van der Waals surface area contributed by atoms with Gasteiger partial charge in [-0.2, -0.15) is 0 Å². The Hall–Kier alpha value is -1.62. The van der Waals surface area contributed by atoms with Crippen molar-refractivity contribution in [1.29, 1.82) is 0 Å². The standard InChI is InChI=1S/C14H18N2O2S/c1-14(2,13(15)19)8-16-12(17)10-3-4-11-9(7-10)5-6-18-11/h3-4,7H,5-6,8H2,1-2H3,(H2,15,19)(H,16,17). The predicted octanol–water partition coefficient (Wildman–Crippen LogP) is 1.66. The topological polar surface area (TPSA) is 64.3 Å². The molecule has 0 bridgehead atoms. The molecular formula is C14H18N2O2S. The Balaban J connectivity index is 2.03. The minimum atomic E-state index is -0.384. The lowest BCUT2D eigenvalue weighted by atomic mass is 9.93. The van der Waals surface area contributed by atoms with E-state index in [1.54, 1.807) is 6.07 Å². The average Bonchev–Trinajstić information content (AvgIpc) is 2.82. The van der Waals surface area contributed by atoms with E-state index in [0.29, 0.717) is 23.7 Å². The van der Waals surface area contributed by atoms with Gasteiger partial charge in [-0.1, -0.05) is 26.1 Å². The molecule has 0 saturated heterocycles. The number of hydrogen-bond donors (Lipinski definition) is 2. The van der Waals surface area contributed by atoms with E-state index in [0.717, 1.165) is 17.7 Å². The van der Waals surface area contributed by atoms with Crippen LogP contribution in [0.5, 0.6) is 5.75 Å². The Morgan fingerprint density at radius 3 is 2.95 bits per heavy atom. The van der Waals surface area contributed by atoms with E-state index < -0.39 is 0 Å². The number of amides is 1. The first-order valence-corrected chi connectivity index (χ1v) is 6.65. The molecule has 0 spiro atoms. The number of nitrogens with one attached hydrogen (secondary N) is 1. The summed E-state index contributed by atoms with van der Waals surface area (Å²) in [5, 5.41) is 2.86. The quantitative estimate of drug-likeness (QED) is 0.822. The Kier molecular flexibility index (Phi) is 3.75. The van der Waals surface area contributed by atoms with Crippen LogP contribution in [-0.4, -0.2) is 24.0 Å². The van der Waals surface area contributed by atoms with Crippen molar-refractivity contribution in [2.45, 2.75) is 20.3 Å². The van der Waals surface area contributed by atoms with Crippen LogP contribution in [0.2, 0.25) is 0 Å². The largest absolute Gasteiger partial charge is 0.493 e. The molecule has 3 N–H and O–H groups in total. The van der Waals surface area contributed by atoms with Gasteiger partial charge < -0.3 is 15.8 Å². The first-order valence-electron chi connectivity index (χ1n) is 6.24. The lowest BCUT2D eigenvalue weighted by molar-refractivity contribution is 0.0945. The summed E-state index contributed by atoms with van der Waals surface area (Å²) >= 11 is 4.98. The van der Waals surface area contributed by atoms with Gasteiger partial charge in [-0.05, 0) is 23.8 Å². The summed E-state index contributed by atoms with van der Waals surface area (Å²) in [5.41, 5.74) is 6.97. The summed E-state index contributed by atoms with van der Waals surface area (Å²) in [4.78, 5) is 12.5. The number of hydrogen-bond acceptors (Lipinski definition) is 3. The number of rotatable bonds is 4. The van der Waals surface area contributed by atoms with Crippen LogP contribution in [-0.2, 0) is 6.42 Å². The van der Waals surface area contributed by atoms with Crippen LogP contribution < -0.4 is 15.8 Å². The van der Waals surface area contributed by atoms with Gasteiger partial charge in [-0.3, -0.25) is 4.79 Å². The molecule has 0 aromatic heterocycles. The molecule has 5 heteroatoms. The van der Waals surface area contributed by atoms with Crippen molar-refractivity contribution in [2.24, 2.45) is 11.1 Å². The number of carbonyl (C=O) groups is 1. The van der Waals surface area contributed by atoms with Crippen LogP contribution in [0.15, 0.2) is 18.2 Å². The second-order valence-electron chi connectivity index (χ2n) is 5.35. The lowest BCUT2D eigenvalue weighted by Crippen LogP contribution is -2.41. The number of ether oxygens (including phenoxy) is 1. The maximum atomic E-state index is 12.1. The SMILES string of the molecule is CC(C)(CNC(=O)c1ccc2c(c1)CCO2)C(N)=S. The molecule has 0 fully saturated rings. The van der Waals surface area contributed by atoms with Gasteiger partial charge in [0.05, 0.1) is 11.6 Å². The van der Waals surface area contributed by atoms with Crippen molar-refractivity contribution in [1.82, 2.24) is 5.32 Å². The highest BCUT2D eigenvalue weighted by molar-refractivity contribution is 7.80. The van der Waals surface area contributed by atoms with E-state index in [9.17, 15) is 4.79 Å². The van der Waals surface area contributed by atoms with E-state index in [2.05, 4.69) is 5.32 Å². The molecule has 1 amide bonds. The molecule has 19 heavy (non-hydrogen) atoms. The fourth-order valence-corrected chi connectivity index (χ4v) is 1.89. The zero-order valence-corrected chi connectivity index (χ0v) is 12.0. The van der Waals surface area contributed by atoms with E-state index in [1.807, 2.05) is 26.0 Å². The van der Waals surface area contributed by atoms with Gasteiger partial charge in [0.2, 0.25) is 0 Å². The monoisotopic (exact) mass is 278 g/mol. The van der Waals surface area contributed by atoms with Gasteiger partial charge in [0.25, 0.3) is 5.91 Å². The summed E-state index contributed by atoms with van der Waals surface area (Å²) in [6.45, 7) is 4.93. The normalized spacial score (nSPS) is 13.6. The Morgan fingerprint density at radius 2 is 2.26 bits per heavy atom. The lowest BCUT2D eigenvalue weighted by Gasteiger charge is -2.23. The molecule has 0 unspecified atom stereocenters. The van der Waals surface area contributed by atoms with Crippen LogP contribution in [0.4, 0.5) is 0 Å². The maximum absolute atomic E-state index is 12.1. The number of thiocarbonyl (C=S) groups is 1. The molecule has 0 aliphatic carbocycles. The van der Waals surface area contributed by atoms with E-state index in [-0.39, 0.29) is 11.3 Å². The molecule has 1 aliphatic rings. The van der Waals surface area contributed by atoms with Crippen molar-refractivity contribution < 1.29 is 9.53 Å². The smallest absolute Gasteiger partial charge is 0.251 e. The highest BCUT2D eigenvalue weighted by atomic mass is 32.1. The molecule has 1 heterocycles. The summed E-state index contributed by atoms with van der Waals surface area (Å²) < 4.78 is 5.41. The first kappa shape index (κ1) is 13.8. The van der Waals surface area contributed by atoms with E-state index >= 15 is 0 Å². The van der Waals surface area contributed by atoms with Gasteiger partial charge in [-0.15, -0.1) is 0 Å². The average molecular weight is 278 g/mol. The molecule has 102 valence electrons. The molecule has 1 aromatic carbocycles. The Bertz CT molecular complexity index is 526. The molecule has 4 nitrogen and oxygen atoms in total. The predicted molar refractivity (Wildman–Crippen MR) is 78.5 cm³/mol. The molecule has 1 aliphatic heterocycles. The van der Waals surface area contributed by atoms with Crippen LogP contribution in [0.1, 0.15) is 29.8 Å². The third-order valence-corrected chi connectivity index (χ3v) is 3.86. The summed E-state index contributed by atoms with van der Waals surface area (Å²) in [7, 11) is 0. The second kappa shape index (κ2) is 5.17.